The largest absolute Gasteiger partial charge is 0.395 e. The third-order valence-electron chi connectivity index (χ3n) is 2.18. The van der Waals surface area contributed by atoms with Crippen LogP contribution in [0.1, 0.15) is 26.7 Å². The van der Waals surface area contributed by atoms with Crippen molar-refractivity contribution in [3.63, 3.8) is 0 Å². The quantitative estimate of drug-likeness (QED) is 0.726. The Balaban J connectivity index is 2.71. The number of rotatable bonds is 4. The molecule has 14 heavy (non-hydrogen) atoms. The molecule has 0 aliphatic rings. The van der Waals surface area contributed by atoms with Gasteiger partial charge in [0.05, 0.1) is 11.4 Å². The monoisotopic (exact) mass is 196 g/mol. The van der Waals surface area contributed by atoms with Gasteiger partial charge >= 0.3 is 0 Å². The number of hydrogen-bond donors (Lipinski definition) is 2. The van der Waals surface area contributed by atoms with E-state index in [0.717, 1.165) is 12.8 Å². The summed E-state index contributed by atoms with van der Waals surface area (Å²) in [5.74, 6) is -0.362. The molecule has 1 rings (SSSR count). The number of hydrogen-bond acceptors (Lipinski definition) is 2. The average molecular weight is 196 g/mol. The summed E-state index contributed by atoms with van der Waals surface area (Å²) in [7, 11) is 0. The highest BCUT2D eigenvalue weighted by Crippen LogP contribution is 2.22. The molecule has 1 atom stereocenters. The molecule has 2 nitrogen and oxygen atoms in total. The molecule has 0 aliphatic heterocycles. The van der Waals surface area contributed by atoms with Crippen molar-refractivity contribution in [3.8, 4) is 0 Å². The van der Waals surface area contributed by atoms with Crippen molar-refractivity contribution < 1.29 is 4.39 Å². The maximum Gasteiger partial charge on any atom is 0.148 e. The van der Waals surface area contributed by atoms with Crippen LogP contribution in [0, 0.1) is 5.82 Å². The highest BCUT2D eigenvalue weighted by atomic mass is 19.1. The van der Waals surface area contributed by atoms with Gasteiger partial charge in [0, 0.05) is 6.04 Å². The second-order valence-corrected chi connectivity index (χ2v) is 3.54. The highest BCUT2D eigenvalue weighted by molar-refractivity contribution is 5.66. The molecule has 0 aliphatic carbocycles. The first-order valence-corrected chi connectivity index (χ1v) is 4.95. The summed E-state index contributed by atoms with van der Waals surface area (Å²) in [6, 6.07) is 5.14. The van der Waals surface area contributed by atoms with Crippen LogP contribution in [0.5, 0.6) is 0 Å². The summed E-state index contributed by atoms with van der Waals surface area (Å²) in [5.41, 5.74) is 6.48. The first kappa shape index (κ1) is 10.8. The number of nitrogen functional groups attached to an aromatic ring is 1. The Hall–Kier alpha value is -1.25. The second kappa shape index (κ2) is 4.84. The van der Waals surface area contributed by atoms with Gasteiger partial charge in [0.2, 0.25) is 0 Å². The Labute approximate surface area is 84.3 Å². The van der Waals surface area contributed by atoms with Crippen LogP contribution in [0.4, 0.5) is 15.8 Å². The van der Waals surface area contributed by atoms with Crippen molar-refractivity contribution >= 4 is 11.4 Å². The Morgan fingerprint density at radius 1 is 1.50 bits per heavy atom. The SMILES string of the molecule is CCCC(C)Nc1cccc(F)c1N. The van der Waals surface area contributed by atoms with Crippen LogP contribution < -0.4 is 11.1 Å². The molecule has 0 saturated carbocycles. The molecule has 1 aromatic rings. The van der Waals surface area contributed by atoms with E-state index >= 15 is 0 Å². The van der Waals surface area contributed by atoms with E-state index in [2.05, 4.69) is 19.2 Å². The molecule has 0 spiro atoms. The summed E-state index contributed by atoms with van der Waals surface area (Å²) >= 11 is 0. The van der Waals surface area contributed by atoms with Gasteiger partial charge in [0.1, 0.15) is 5.82 Å². The van der Waals surface area contributed by atoms with Crippen LogP contribution in [0.15, 0.2) is 18.2 Å². The van der Waals surface area contributed by atoms with Crippen LogP contribution in [-0.4, -0.2) is 6.04 Å². The van der Waals surface area contributed by atoms with E-state index < -0.39 is 0 Å². The normalized spacial score (nSPS) is 12.5. The molecule has 1 aromatic carbocycles. The zero-order valence-electron chi connectivity index (χ0n) is 8.68. The standard InChI is InChI=1S/C11H17FN2/c1-3-5-8(2)14-10-7-4-6-9(12)11(10)13/h4,6-8,14H,3,5,13H2,1-2H3. The molecule has 3 heteroatoms. The topological polar surface area (TPSA) is 38.0 Å². The summed E-state index contributed by atoms with van der Waals surface area (Å²) in [4.78, 5) is 0. The predicted octanol–water partition coefficient (Wildman–Crippen LogP) is 3.01. The number of halogens is 1. The van der Waals surface area contributed by atoms with Crippen molar-refractivity contribution in [2.24, 2.45) is 0 Å². The summed E-state index contributed by atoms with van der Waals surface area (Å²) in [6.07, 6.45) is 2.15. The lowest BCUT2D eigenvalue weighted by molar-refractivity contribution is 0.631. The summed E-state index contributed by atoms with van der Waals surface area (Å²) in [5, 5.41) is 3.19. The molecule has 0 heterocycles. The first-order valence-electron chi connectivity index (χ1n) is 4.95. The third kappa shape index (κ3) is 2.62. The average Bonchev–Trinajstić information content (AvgIpc) is 2.13. The minimum absolute atomic E-state index is 0.204. The number of nitrogens with one attached hydrogen (secondary N) is 1. The van der Waals surface area contributed by atoms with Gasteiger partial charge in [-0.1, -0.05) is 19.4 Å². The third-order valence-corrected chi connectivity index (χ3v) is 2.18. The molecule has 0 aromatic heterocycles. The highest BCUT2D eigenvalue weighted by Gasteiger charge is 2.06. The molecular formula is C11H17FN2. The van der Waals surface area contributed by atoms with E-state index in [1.165, 1.54) is 6.07 Å². The lowest BCUT2D eigenvalue weighted by Crippen LogP contribution is -2.15. The van der Waals surface area contributed by atoms with Crippen molar-refractivity contribution in [2.75, 3.05) is 11.1 Å². The van der Waals surface area contributed by atoms with E-state index in [1.807, 2.05) is 0 Å². The minimum Gasteiger partial charge on any atom is -0.395 e. The van der Waals surface area contributed by atoms with Gasteiger partial charge in [-0.15, -0.1) is 0 Å². The number of anilines is 2. The zero-order chi connectivity index (χ0) is 10.6. The van der Waals surface area contributed by atoms with Crippen molar-refractivity contribution in [2.45, 2.75) is 32.7 Å². The Morgan fingerprint density at radius 2 is 2.21 bits per heavy atom. The van der Waals surface area contributed by atoms with E-state index in [1.54, 1.807) is 12.1 Å². The lowest BCUT2D eigenvalue weighted by atomic mass is 10.1. The Morgan fingerprint density at radius 3 is 2.86 bits per heavy atom. The van der Waals surface area contributed by atoms with Crippen LogP contribution in [0.3, 0.4) is 0 Å². The maximum atomic E-state index is 13.1. The molecular weight excluding hydrogens is 179 g/mol. The van der Waals surface area contributed by atoms with Crippen molar-refractivity contribution in [3.05, 3.63) is 24.0 Å². The summed E-state index contributed by atoms with van der Waals surface area (Å²) < 4.78 is 13.1. The van der Waals surface area contributed by atoms with Gasteiger partial charge in [-0.05, 0) is 25.5 Å². The molecule has 78 valence electrons. The lowest BCUT2D eigenvalue weighted by Gasteiger charge is -2.15. The van der Waals surface area contributed by atoms with Crippen LogP contribution >= 0.6 is 0 Å². The van der Waals surface area contributed by atoms with E-state index in [0.29, 0.717) is 11.7 Å². The van der Waals surface area contributed by atoms with Crippen molar-refractivity contribution in [1.82, 2.24) is 0 Å². The van der Waals surface area contributed by atoms with Gasteiger partial charge in [-0.25, -0.2) is 4.39 Å². The van der Waals surface area contributed by atoms with Gasteiger partial charge in [-0.3, -0.25) is 0 Å². The fourth-order valence-corrected chi connectivity index (χ4v) is 1.43. The molecule has 0 amide bonds. The molecule has 0 saturated heterocycles. The van der Waals surface area contributed by atoms with Gasteiger partial charge in [0.25, 0.3) is 0 Å². The molecule has 0 radical (unpaired) electrons. The molecule has 1 unspecified atom stereocenters. The predicted molar refractivity (Wildman–Crippen MR) is 58.8 cm³/mol. The zero-order valence-corrected chi connectivity index (χ0v) is 8.68. The fourth-order valence-electron chi connectivity index (χ4n) is 1.43. The van der Waals surface area contributed by atoms with Gasteiger partial charge < -0.3 is 11.1 Å². The maximum absolute atomic E-state index is 13.1. The molecule has 3 N–H and O–H groups in total. The fraction of sp³-hybridized carbons (Fsp3) is 0.455. The molecule has 0 bridgehead atoms. The second-order valence-electron chi connectivity index (χ2n) is 3.54. The number of nitrogens with two attached hydrogens (primary N) is 1. The Kier molecular flexibility index (Phi) is 3.74. The Bertz CT molecular complexity index is 299. The van der Waals surface area contributed by atoms with Crippen LogP contribution in [0.25, 0.3) is 0 Å². The summed E-state index contributed by atoms with van der Waals surface area (Å²) in [6.45, 7) is 4.18. The van der Waals surface area contributed by atoms with Gasteiger partial charge in [0.15, 0.2) is 0 Å². The van der Waals surface area contributed by atoms with E-state index in [4.69, 9.17) is 5.73 Å². The van der Waals surface area contributed by atoms with Gasteiger partial charge in [-0.2, -0.15) is 0 Å². The van der Waals surface area contributed by atoms with E-state index in [-0.39, 0.29) is 11.5 Å². The minimum atomic E-state index is -0.362. The first-order chi connectivity index (χ1) is 6.65. The number of para-hydroxylation sites is 1. The van der Waals surface area contributed by atoms with E-state index in [9.17, 15) is 4.39 Å². The molecule has 0 fully saturated rings. The van der Waals surface area contributed by atoms with Crippen LogP contribution in [-0.2, 0) is 0 Å². The number of benzene rings is 1. The van der Waals surface area contributed by atoms with Crippen molar-refractivity contribution in [1.29, 1.82) is 0 Å². The smallest absolute Gasteiger partial charge is 0.148 e. The van der Waals surface area contributed by atoms with Crippen LogP contribution in [0.2, 0.25) is 0 Å².